The Hall–Kier alpha value is -2.78. The van der Waals surface area contributed by atoms with Gasteiger partial charge < -0.3 is 24.1 Å². The fourth-order valence-corrected chi connectivity index (χ4v) is 3.51. The number of piperazine rings is 1. The van der Waals surface area contributed by atoms with Crippen LogP contribution in [0.5, 0.6) is 17.2 Å². The Morgan fingerprint density at radius 3 is 2.23 bits per heavy atom. The third-order valence-electron chi connectivity index (χ3n) is 5.16. The lowest BCUT2D eigenvalue weighted by atomic mass is 10.1. The van der Waals surface area contributed by atoms with E-state index in [-0.39, 0.29) is 5.91 Å². The average molecular weight is 418 g/mol. The number of ether oxygens (including phenoxy) is 3. The number of hydrogen-bond acceptors (Lipinski definition) is 8. The molecule has 1 amide bonds. The highest BCUT2D eigenvalue weighted by molar-refractivity contribution is 5.78. The monoisotopic (exact) mass is 418 g/mol. The maximum atomic E-state index is 12.5. The molecule has 1 N–H and O–H groups in total. The van der Waals surface area contributed by atoms with E-state index >= 15 is 0 Å². The van der Waals surface area contributed by atoms with Crippen molar-refractivity contribution in [1.29, 1.82) is 0 Å². The highest BCUT2D eigenvalue weighted by Crippen LogP contribution is 2.34. The number of carbonyl (C=O) groups excluding carboxylic acids is 1. The van der Waals surface area contributed by atoms with Gasteiger partial charge in [0.05, 0.1) is 33.6 Å². The fraction of sp³-hybridized carbons (Fsp3) is 0.524. The minimum Gasteiger partial charge on any atom is -0.496 e. The summed E-state index contributed by atoms with van der Waals surface area (Å²) in [7, 11) is 4.74. The van der Waals surface area contributed by atoms with Crippen LogP contribution >= 0.6 is 0 Å². The maximum Gasteiger partial charge on any atom is 0.234 e. The van der Waals surface area contributed by atoms with Crippen LogP contribution < -0.4 is 19.5 Å². The lowest BCUT2D eigenvalue weighted by Crippen LogP contribution is -2.49. The lowest BCUT2D eigenvalue weighted by Gasteiger charge is -2.33. The second-order valence-electron chi connectivity index (χ2n) is 7.28. The SMILES string of the molecule is COc1cc(OC)c(OC)cc1CNC(=O)CN1CCN(Cc2cc(C)on2)CC1. The minimum absolute atomic E-state index is 0.0209. The average Bonchev–Trinajstić information content (AvgIpc) is 3.17. The summed E-state index contributed by atoms with van der Waals surface area (Å²) in [4.78, 5) is 16.9. The highest BCUT2D eigenvalue weighted by Gasteiger charge is 2.20. The molecule has 30 heavy (non-hydrogen) atoms. The van der Waals surface area contributed by atoms with Crippen LogP contribution in [0.25, 0.3) is 0 Å². The normalized spacial score (nSPS) is 15.1. The van der Waals surface area contributed by atoms with Crippen molar-refractivity contribution < 1.29 is 23.5 Å². The summed E-state index contributed by atoms with van der Waals surface area (Å²) in [6.07, 6.45) is 0. The Bertz CT molecular complexity index is 846. The predicted molar refractivity (Wildman–Crippen MR) is 111 cm³/mol. The first-order valence-corrected chi connectivity index (χ1v) is 9.95. The molecule has 1 aromatic heterocycles. The van der Waals surface area contributed by atoms with Crippen LogP contribution in [0, 0.1) is 6.92 Å². The van der Waals surface area contributed by atoms with Crippen molar-refractivity contribution in [1.82, 2.24) is 20.3 Å². The van der Waals surface area contributed by atoms with E-state index in [1.54, 1.807) is 27.4 Å². The van der Waals surface area contributed by atoms with Crippen LogP contribution in [0.3, 0.4) is 0 Å². The second-order valence-corrected chi connectivity index (χ2v) is 7.28. The third-order valence-corrected chi connectivity index (χ3v) is 5.16. The largest absolute Gasteiger partial charge is 0.496 e. The quantitative estimate of drug-likeness (QED) is 0.655. The molecule has 0 spiro atoms. The van der Waals surface area contributed by atoms with Gasteiger partial charge in [0, 0.05) is 57.0 Å². The van der Waals surface area contributed by atoms with Crippen LogP contribution in [-0.4, -0.2) is 74.9 Å². The van der Waals surface area contributed by atoms with Gasteiger partial charge in [-0.1, -0.05) is 5.16 Å². The number of carbonyl (C=O) groups is 1. The molecule has 0 saturated carbocycles. The van der Waals surface area contributed by atoms with E-state index in [0.29, 0.717) is 30.3 Å². The summed E-state index contributed by atoms with van der Waals surface area (Å²) in [6.45, 7) is 6.85. The topological polar surface area (TPSA) is 89.3 Å². The number of rotatable bonds is 9. The first-order chi connectivity index (χ1) is 14.5. The summed E-state index contributed by atoms with van der Waals surface area (Å²) in [5.74, 6) is 2.63. The van der Waals surface area contributed by atoms with Gasteiger partial charge in [-0.05, 0) is 13.0 Å². The second kappa shape index (κ2) is 10.3. The molecule has 1 saturated heterocycles. The Morgan fingerprint density at radius 2 is 1.63 bits per heavy atom. The van der Waals surface area contributed by atoms with Gasteiger partial charge >= 0.3 is 0 Å². The zero-order valence-electron chi connectivity index (χ0n) is 18.1. The van der Waals surface area contributed by atoms with Gasteiger partial charge in [0.15, 0.2) is 11.5 Å². The molecule has 1 fully saturated rings. The maximum absolute atomic E-state index is 12.5. The van der Waals surface area contributed by atoms with E-state index in [9.17, 15) is 4.79 Å². The molecular formula is C21H30N4O5. The number of benzene rings is 1. The van der Waals surface area contributed by atoms with Gasteiger partial charge in [-0.2, -0.15) is 0 Å². The summed E-state index contributed by atoms with van der Waals surface area (Å²) in [5.41, 5.74) is 1.78. The molecule has 9 heteroatoms. The molecule has 1 aliphatic rings. The van der Waals surface area contributed by atoms with Gasteiger partial charge in [-0.25, -0.2) is 0 Å². The molecule has 3 rings (SSSR count). The summed E-state index contributed by atoms with van der Waals surface area (Å²) < 4.78 is 21.2. The summed E-state index contributed by atoms with van der Waals surface area (Å²) in [6, 6.07) is 5.54. The van der Waals surface area contributed by atoms with E-state index in [1.807, 2.05) is 19.1 Å². The van der Waals surface area contributed by atoms with Gasteiger partial charge in [0.1, 0.15) is 11.5 Å². The van der Waals surface area contributed by atoms with Gasteiger partial charge in [-0.15, -0.1) is 0 Å². The molecule has 1 aliphatic heterocycles. The number of hydrogen-bond donors (Lipinski definition) is 1. The van der Waals surface area contributed by atoms with Crippen LogP contribution in [0.2, 0.25) is 0 Å². The number of aryl methyl sites for hydroxylation is 1. The minimum atomic E-state index is -0.0209. The van der Waals surface area contributed by atoms with Crippen LogP contribution in [0.4, 0.5) is 0 Å². The molecule has 164 valence electrons. The molecule has 0 aliphatic carbocycles. The van der Waals surface area contributed by atoms with Crippen LogP contribution in [0.1, 0.15) is 17.0 Å². The van der Waals surface area contributed by atoms with Crippen LogP contribution in [-0.2, 0) is 17.9 Å². The molecule has 2 heterocycles. The number of nitrogens with zero attached hydrogens (tertiary/aromatic N) is 3. The van der Waals surface area contributed by atoms with E-state index in [4.69, 9.17) is 18.7 Å². The van der Waals surface area contributed by atoms with E-state index in [1.165, 1.54) is 0 Å². The van der Waals surface area contributed by atoms with Crippen molar-refractivity contribution in [3.05, 3.63) is 35.2 Å². The Labute approximate surface area is 176 Å². The van der Waals surface area contributed by atoms with Crippen molar-refractivity contribution in [2.45, 2.75) is 20.0 Å². The zero-order valence-corrected chi connectivity index (χ0v) is 18.1. The standard InChI is InChI=1S/C21H30N4O5/c1-15-9-17(23-30-15)13-24-5-7-25(8-6-24)14-21(26)22-12-16-10-19(28-3)20(29-4)11-18(16)27-2/h9-11H,5-8,12-14H2,1-4H3,(H,22,26). The molecule has 0 bridgehead atoms. The highest BCUT2D eigenvalue weighted by atomic mass is 16.5. The number of amides is 1. The number of nitrogens with one attached hydrogen (secondary N) is 1. The number of aromatic nitrogens is 1. The first kappa shape index (κ1) is 21.9. The van der Waals surface area contributed by atoms with Crippen molar-refractivity contribution in [3.63, 3.8) is 0 Å². The smallest absolute Gasteiger partial charge is 0.234 e. The van der Waals surface area contributed by atoms with Gasteiger partial charge in [0.2, 0.25) is 5.91 Å². The summed E-state index contributed by atoms with van der Waals surface area (Å²) in [5, 5.41) is 7.02. The molecule has 0 unspecified atom stereocenters. The number of methoxy groups -OCH3 is 3. The van der Waals surface area contributed by atoms with Crippen molar-refractivity contribution in [2.24, 2.45) is 0 Å². The molecule has 1 aromatic carbocycles. The molecule has 0 radical (unpaired) electrons. The van der Waals surface area contributed by atoms with Crippen molar-refractivity contribution in [3.8, 4) is 17.2 Å². The van der Waals surface area contributed by atoms with Crippen molar-refractivity contribution >= 4 is 5.91 Å². The zero-order chi connectivity index (χ0) is 21.5. The Morgan fingerprint density at radius 1 is 1.00 bits per heavy atom. The Balaban J connectivity index is 1.46. The first-order valence-electron chi connectivity index (χ1n) is 9.95. The Kier molecular flexibility index (Phi) is 7.53. The molecule has 9 nitrogen and oxygen atoms in total. The lowest BCUT2D eigenvalue weighted by molar-refractivity contribution is -0.122. The van der Waals surface area contributed by atoms with Gasteiger partial charge in [0.25, 0.3) is 0 Å². The summed E-state index contributed by atoms with van der Waals surface area (Å²) >= 11 is 0. The van der Waals surface area contributed by atoms with Crippen molar-refractivity contribution in [2.75, 3.05) is 54.1 Å². The van der Waals surface area contributed by atoms with Gasteiger partial charge in [-0.3, -0.25) is 14.6 Å². The predicted octanol–water partition coefficient (Wildman–Crippen LogP) is 1.44. The third kappa shape index (κ3) is 5.64. The molecule has 0 atom stereocenters. The van der Waals surface area contributed by atoms with E-state index in [0.717, 1.165) is 49.7 Å². The molecular weight excluding hydrogens is 388 g/mol. The molecule has 2 aromatic rings. The van der Waals surface area contributed by atoms with E-state index in [2.05, 4.69) is 20.3 Å². The fourth-order valence-electron chi connectivity index (χ4n) is 3.51. The van der Waals surface area contributed by atoms with Crippen LogP contribution in [0.15, 0.2) is 22.7 Å². The van der Waals surface area contributed by atoms with E-state index < -0.39 is 0 Å².